The van der Waals surface area contributed by atoms with Gasteiger partial charge in [-0.05, 0) is 25.2 Å². The van der Waals surface area contributed by atoms with E-state index in [4.69, 9.17) is 5.11 Å². The van der Waals surface area contributed by atoms with Gasteiger partial charge in [-0.2, -0.15) is 0 Å². The Morgan fingerprint density at radius 2 is 1.85 bits per heavy atom. The molecule has 0 aromatic rings. The quantitative estimate of drug-likeness (QED) is 0.480. The van der Waals surface area contributed by atoms with E-state index >= 15 is 0 Å². The van der Waals surface area contributed by atoms with Crippen molar-refractivity contribution in [1.82, 2.24) is 5.32 Å². The summed E-state index contributed by atoms with van der Waals surface area (Å²) < 4.78 is 0. The second-order valence-corrected chi connectivity index (χ2v) is 3.89. The van der Waals surface area contributed by atoms with Crippen molar-refractivity contribution in [2.75, 3.05) is 0 Å². The summed E-state index contributed by atoms with van der Waals surface area (Å²) in [6.07, 6.45) is 1.32. The Hall–Kier alpha value is 1.15. The predicted molar refractivity (Wildman–Crippen MR) is 54.3 cm³/mol. The van der Waals surface area contributed by atoms with E-state index in [2.05, 4.69) is 10.3 Å². The van der Waals surface area contributed by atoms with Crippen LogP contribution < -0.4 is 118 Å². The van der Waals surface area contributed by atoms with Crippen molar-refractivity contribution < 1.29 is 132 Å². The van der Waals surface area contributed by atoms with Gasteiger partial charge in [-0.1, -0.05) is 0 Å². The first-order valence-corrected chi connectivity index (χ1v) is 5.37. The van der Waals surface area contributed by atoms with Gasteiger partial charge in [-0.15, -0.1) is 0 Å². The Kier molecular flexibility index (Phi) is 13.7. The molecule has 2 N–H and O–H groups in total. The first kappa shape index (κ1) is 23.4. The second-order valence-electron chi connectivity index (χ2n) is 3.89. The van der Waals surface area contributed by atoms with Crippen molar-refractivity contribution >= 4 is 23.7 Å². The zero-order valence-corrected chi connectivity index (χ0v) is 17.7. The van der Waals surface area contributed by atoms with Gasteiger partial charge in [0, 0.05) is 6.42 Å². The summed E-state index contributed by atoms with van der Waals surface area (Å²) >= 11 is 0. The van der Waals surface area contributed by atoms with Gasteiger partial charge in [0.25, 0.3) is 0 Å². The molecule has 1 saturated heterocycles. The maximum absolute atomic E-state index is 10.4. The van der Waals surface area contributed by atoms with Crippen LogP contribution in [0.1, 0.15) is 25.7 Å². The standard InChI is InChI=1S/2C5H7NO3.2K/c2*7-4-2-1-3(6-4)5(8)9;;/h2*3H,1-2H2,(H,6,7)(H,8,9);;/q;;2*+1/p-2/t2*3-;;/m00../s1. The van der Waals surface area contributed by atoms with Gasteiger partial charge in [-0.25, -0.2) is 4.79 Å². The van der Waals surface area contributed by atoms with Crippen LogP contribution in [0.25, 0.3) is 0 Å². The van der Waals surface area contributed by atoms with Crippen molar-refractivity contribution in [2.45, 2.75) is 37.8 Å². The fourth-order valence-corrected chi connectivity index (χ4v) is 1.53. The van der Waals surface area contributed by atoms with Crippen LogP contribution in [0.4, 0.5) is 0 Å². The molecular formula is C10H12K2N2O6. The van der Waals surface area contributed by atoms with E-state index in [1.807, 2.05) is 0 Å². The number of carboxylic acid groups (broad SMARTS) is 2. The molecule has 0 radical (unpaired) electrons. The molecule has 0 bridgehead atoms. The van der Waals surface area contributed by atoms with Gasteiger partial charge in [0.2, 0.25) is 5.91 Å². The number of rotatable bonds is 2. The summed E-state index contributed by atoms with van der Waals surface area (Å²) in [5.74, 6) is -2.69. The number of carbonyl (C=O) groups excluding carboxylic acids is 2. The Morgan fingerprint density at radius 3 is 2.05 bits per heavy atom. The molecule has 2 heterocycles. The van der Waals surface area contributed by atoms with Gasteiger partial charge in [-0.3, -0.25) is 9.79 Å². The number of carbonyl (C=O) groups is 3. The van der Waals surface area contributed by atoms with Crippen LogP contribution in [0.5, 0.6) is 0 Å². The Bertz CT molecular complexity index is 401. The largest absolute Gasteiger partial charge is 1.00 e. The second kappa shape index (κ2) is 11.7. The smallest absolute Gasteiger partial charge is 0.862 e. The molecule has 8 nitrogen and oxygen atoms in total. The summed E-state index contributed by atoms with van der Waals surface area (Å²) in [5, 5.41) is 30.9. The first-order valence-electron chi connectivity index (χ1n) is 5.37. The van der Waals surface area contributed by atoms with Crippen LogP contribution in [0.3, 0.4) is 0 Å². The monoisotopic (exact) mass is 334 g/mol. The summed E-state index contributed by atoms with van der Waals surface area (Å²) in [6, 6.07) is -1.52. The normalized spacial score (nSPS) is 23.2. The van der Waals surface area contributed by atoms with Crippen LogP contribution in [0.2, 0.25) is 0 Å². The maximum atomic E-state index is 10.4. The van der Waals surface area contributed by atoms with E-state index < -0.39 is 24.0 Å². The molecule has 2 aliphatic heterocycles. The van der Waals surface area contributed by atoms with Gasteiger partial charge >= 0.3 is 109 Å². The molecule has 20 heavy (non-hydrogen) atoms. The maximum Gasteiger partial charge on any atom is 1.00 e. The van der Waals surface area contributed by atoms with Crippen LogP contribution in [-0.2, 0) is 14.4 Å². The van der Waals surface area contributed by atoms with Crippen LogP contribution in [-0.4, -0.2) is 40.9 Å². The number of aliphatic carboxylic acids is 2. The molecule has 10 heteroatoms. The molecule has 0 aliphatic carbocycles. The molecule has 0 aromatic heterocycles. The van der Waals surface area contributed by atoms with Gasteiger partial charge in [0.15, 0.2) is 0 Å². The number of nitrogens with one attached hydrogen (secondary N) is 1. The Balaban J connectivity index is 0. The third-order valence-corrected chi connectivity index (χ3v) is 2.50. The molecule has 1 amide bonds. The molecule has 2 atom stereocenters. The van der Waals surface area contributed by atoms with Gasteiger partial charge < -0.3 is 25.4 Å². The van der Waals surface area contributed by atoms with E-state index in [0.717, 1.165) is 0 Å². The van der Waals surface area contributed by atoms with E-state index in [-0.39, 0.29) is 121 Å². The third kappa shape index (κ3) is 8.56. The van der Waals surface area contributed by atoms with E-state index in [1.165, 1.54) is 0 Å². The molecule has 0 saturated carbocycles. The van der Waals surface area contributed by atoms with Crippen molar-refractivity contribution in [3.63, 3.8) is 0 Å². The van der Waals surface area contributed by atoms with Crippen molar-refractivity contribution in [3.05, 3.63) is 0 Å². The molecule has 0 aromatic carbocycles. The fourth-order valence-electron chi connectivity index (χ4n) is 1.53. The predicted octanol–water partition coefficient (Wildman–Crippen LogP) is -8.98. The molecule has 100 valence electrons. The van der Waals surface area contributed by atoms with Crippen LogP contribution in [0.15, 0.2) is 4.99 Å². The topological polar surface area (TPSA) is 142 Å². The molecule has 2 aliphatic rings. The fraction of sp³-hybridized carbons (Fsp3) is 0.600. The molecule has 0 spiro atoms. The minimum atomic E-state index is -1.25. The van der Waals surface area contributed by atoms with Gasteiger partial charge in [0.1, 0.15) is 6.04 Å². The molecule has 1 fully saturated rings. The summed E-state index contributed by atoms with van der Waals surface area (Å²) in [4.78, 5) is 33.8. The number of amides is 1. The third-order valence-electron chi connectivity index (χ3n) is 2.50. The van der Waals surface area contributed by atoms with Crippen molar-refractivity contribution in [2.24, 2.45) is 4.99 Å². The van der Waals surface area contributed by atoms with Crippen molar-refractivity contribution in [1.29, 1.82) is 0 Å². The van der Waals surface area contributed by atoms with E-state index in [9.17, 15) is 24.6 Å². The van der Waals surface area contributed by atoms with E-state index in [0.29, 0.717) is 19.3 Å². The number of carboxylic acids is 2. The summed E-state index contributed by atoms with van der Waals surface area (Å²) in [5.41, 5.74) is 0. The van der Waals surface area contributed by atoms with Crippen LogP contribution in [0, 0.1) is 0 Å². The molecular weight excluding hydrogens is 322 g/mol. The number of hydrogen-bond donors (Lipinski definition) is 2. The minimum Gasteiger partial charge on any atom is -0.862 e. The SMILES string of the molecule is O=C([O-])[C@@H]1CCC([O-])=N1.O=C1CC[C@@H](C(=O)O)N1.[K+].[K+]. The Labute approximate surface area is 200 Å². The molecule has 2 rings (SSSR count). The zero-order valence-electron chi connectivity index (χ0n) is 11.4. The van der Waals surface area contributed by atoms with Crippen molar-refractivity contribution in [3.8, 4) is 0 Å². The van der Waals surface area contributed by atoms with Crippen LogP contribution >= 0.6 is 0 Å². The average molecular weight is 334 g/mol. The summed E-state index contributed by atoms with van der Waals surface area (Å²) in [6.45, 7) is 0. The molecule has 0 unspecified atom stereocenters. The summed E-state index contributed by atoms with van der Waals surface area (Å²) in [7, 11) is 0. The number of hydrogen-bond acceptors (Lipinski definition) is 6. The van der Waals surface area contributed by atoms with E-state index in [1.54, 1.807) is 0 Å². The number of nitrogens with zero attached hydrogens (tertiary/aromatic N) is 1. The Morgan fingerprint density at radius 1 is 1.25 bits per heavy atom. The minimum absolute atomic E-state index is 0. The van der Waals surface area contributed by atoms with Gasteiger partial charge in [0.05, 0.1) is 12.0 Å². The average Bonchev–Trinajstić information content (AvgIpc) is 2.88. The first-order chi connectivity index (χ1) is 8.40. The zero-order chi connectivity index (χ0) is 13.7. The number of aliphatic imine (C=N–C) groups is 1.